The van der Waals surface area contributed by atoms with Crippen LogP contribution < -0.4 is 15.4 Å². The highest BCUT2D eigenvalue weighted by Crippen LogP contribution is 2.25. The second-order valence-electron chi connectivity index (χ2n) is 5.70. The predicted molar refractivity (Wildman–Crippen MR) is 116 cm³/mol. The van der Waals surface area contributed by atoms with Crippen LogP contribution in [-0.4, -0.2) is 40.1 Å². The molecule has 0 aromatic carbocycles. The molecule has 0 aliphatic heterocycles. The lowest BCUT2D eigenvalue weighted by Crippen LogP contribution is -2.44. The van der Waals surface area contributed by atoms with Crippen LogP contribution in [0.15, 0.2) is 21.3 Å². The molecule has 6 nitrogen and oxygen atoms in total. The minimum absolute atomic E-state index is 0. The summed E-state index contributed by atoms with van der Waals surface area (Å²) in [5, 5.41) is 6.64. The maximum atomic E-state index is 12.1. The average Bonchev–Trinajstić information content (AvgIpc) is 3.00. The van der Waals surface area contributed by atoms with Gasteiger partial charge in [-0.15, -0.1) is 35.3 Å². The molecule has 0 amide bonds. The Kier molecular flexibility index (Phi) is 10.6. The van der Waals surface area contributed by atoms with E-state index in [-0.39, 0.29) is 34.7 Å². The first kappa shape index (κ1) is 22.9. The van der Waals surface area contributed by atoms with E-state index in [4.69, 9.17) is 11.6 Å². The second-order valence-corrected chi connectivity index (χ2v) is 9.41. The Hall–Kier alpha value is -0.100. The zero-order chi connectivity index (χ0) is 17.4. The normalized spacial score (nSPS) is 16.3. The van der Waals surface area contributed by atoms with Crippen LogP contribution in [0.4, 0.5) is 0 Å². The maximum absolute atomic E-state index is 12.1. The summed E-state index contributed by atoms with van der Waals surface area (Å²) in [6.45, 7) is 3.42. The van der Waals surface area contributed by atoms with Crippen molar-refractivity contribution in [2.45, 2.75) is 49.3 Å². The molecule has 1 fully saturated rings. The van der Waals surface area contributed by atoms with Crippen LogP contribution in [0.5, 0.6) is 0 Å². The van der Waals surface area contributed by atoms with Crippen LogP contribution in [-0.2, 0) is 10.0 Å². The van der Waals surface area contributed by atoms with Gasteiger partial charge in [0.25, 0.3) is 0 Å². The van der Waals surface area contributed by atoms with Gasteiger partial charge in [-0.25, -0.2) is 13.1 Å². The Morgan fingerprint density at radius 2 is 2.04 bits per heavy atom. The van der Waals surface area contributed by atoms with Gasteiger partial charge >= 0.3 is 0 Å². The molecule has 0 radical (unpaired) electrons. The fourth-order valence-electron chi connectivity index (χ4n) is 2.62. The van der Waals surface area contributed by atoms with Crippen LogP contribution in [0.1, 0.15) is 39.0 Å². The van der Waals surface area contributed by atoms with Crippen molar-refractivity contribution in [3.63, 3.8) is 0 Å². The van der Waals surface area contributed by atoms with E-state index in [1.54, 1.807) is 6.07 Å². The summed E-state index contributed by atoms with van der Waals surface area (Å²) >= 11 is 6.83. The quantitative estimate of drug-likeness (QED) is 0.223. The van der Waals surface area contributed by atoms with Crippen molar-refractivity contribution in [2.24, 2.45) is 4.99 Å². The number of thiophene rings is 1. The Labute approximate surface area is 176 Å². The highest BCUT2D eigenvalue weighted by atomic mass is 127. The third kappa shape index (κ3) is 7.98. The maximum Gasteiger partial charge on any atom is 0.250 e. The number of nitrogens with zero attached hydrogens (tertiary/aromatic N) is 1. The van der Waals surface area contributed by atoms with Crippen molar-refractivity contribution in [1.29, 1.82) is 0 Å². The third-order valence-electron chi connectivity index (χ3n) is 3.78. The molecule has 0 spiro atoms. The molecule has 0 unspecified atom stereocenters. The van der Waals surface area contributed by atoms with E-state index in [9.17, 15) is 8.42 Å². The fraction of sp³-hybridized carbons (Fsp3) is 0.667. The van der Waals surface area contributed by atoms with Crippen molar-refractivity contribution in [3.05, 3.63) is 16.5 Å². The molecule has 0 atom stereocenters. The van der Waals surface area contributed by atoms with Gasteiger partial charge in [0, 0.05) is 19.1 Å². The molecule has 1 aliphatic carbocycles. The predicted octanol–water partition coefficient (Wildman–Crippen LogP) is 3.19. The fourth-order valence-corrected chi connectivity index (χ4v) is 5.17. The number of hydrogen-bond acceptors (Lipinski definition) is 4. The number of sulfonamides is 1. The molecule has 144 valence electrons. The number of nitrogens with one attached hydrogen (secondary N) is 3. The van der Waals surface area contributed by atoms with Gasteiger partial charge in [0.05, 0.1) is 10.9 Å². The topological polar surface area (TPSA) is 82.6 Å². The zero-order valence-electron chi connectivity index (χ0n) is 14.3. The molecule has 1 aromatic heterocycles. The summed E-state index contributed by atoms with van der Waals surface area (Å²) in [5.74, 6) is 0.753. The van der Waals surface area contributed by atoms with Gasteiger partial charge in [-0.3, -0.25) is 4.99 Å². The van der Waals surface area contributed by atoms with Gasteiger partial charge in [0.1, 0.15) is 4.21 Å². The minimum atomic E-state index is -3.50. The van der Waals surface area contributed by atoms with E-state index in [1.807, 2.05) is 6.92 Å². The number of rotatable bonds is 7. The number of halogens is 2. The van der Waals surface area contributed by atoms with Crippen molar-refractivity contribution < 1.29 is 8.42 Å². The SMILES string of the molecule is CCNC(=NCCNS(=O)(=O)c1ccc(Cl)s1)NC1CCCCC1.I. The number of aliphatic imine (C=N–C) groups is 1. The van der Waals surface area contributed by atoms with E-state index in [1.165, 1.54) is 25.3 Å². The first-order valence-electron chi connectivity index (χ1n) is 8.31. The van der Waals surface area contributed by atoms with Gasteiger partial charge in [-0.1, -0.05) is 30.9 Å². The van der Waals surface area contributed by atoms with E-state index >= 15 is 0 Å². The van der Waals surface area contributed by atoms with Crippen molar-refractivity contribution in [1.82, 2.24) is 15.4 Å². The van der Waals surface area contributed by atoms with Crippen molar-refractivity contribution in [3.8, 4) is 0 Å². The van der Waals surface area contributed by atoms with Gasteiger partial charge in [0.15, 0.2) is 5.96 Å². The smallest absolute Gasteiger partial charge is 0.250 e. The van der Waals surface area contributed by atoms with E-state index < -0.39 is 10.0 Å². The first-order valence-corrected chi connectivity index (χ1v) is 11.0. The summed E-state index contributed by atoms with van der Waals surface area (Å²) in [6.07, 6.45) is 6.13. The first-order chi connectivity index (χ1) is 11.5. The Balaban J connectivity index is 0.00000312. The molecule has 1 heterocycles. The lowest BCUT2D eigenvalue weighted by atomic mass is 9.96. The van der Waals surface area contributed by atoms with Crippen LogP contribution in [0.3, 0.4) is 0 Å². The summed E-state index contributed by atoms with van der Waals surface area (Å²) in [5.41, 5.74) is 0. The van der Waals surface area contributed by atoms with Gasteiger partial charge < -0.3 is 10.6 Å². The molecular weight excluding hydrogens is 495 g/mol. The number of guanidine groups is 1. The molecule has 2 rings (SSSR count). The molecular formula is C15H26ClIN4O2S2. The lowest BCUT2D eigenvalue weighted by molar-refractivity contribution is 0.410. The summed E-state index contributed by atoms with van der Waals surface area (Å²) < 4.78 is 27.4. The summed E-state index contributed by atoms with van der Waals surface area (Å²) in [4.78, 5) is 4.45. The number of hydrogen-bond donors (Lipinski definition) is 3. The van der Waals surface area contributed by atoms with Gasteiger partial charge in [-0.05, 0) is 31.9 Å². The summed E-state index contributed by atoms with van der Waals surface area (Å²) in [7, 11) is -3.50. The van der Waals surface area contributed by atoms with E-state index in [2.05, 4.69) is 20.3 Å². The molecule has 1 saturated carbocycles. The zero-order valence-corrected chi connectivity index (χ0v) is 19.0. The Morgan fingerprint density at radius 1 is 1.32 bits per heavy atom. The monoisotopic (exact) mass is 520 g/mol. The minimum Gasteiger partial charge on any atom is -0.357 e. The summed E-state index contributed by atoms with van der Waals surface area (Å²) in [6, 6.07) is 3.55. The molecule has 0 saturated heterocycles. The van der Waals surface area contributed by atoms with Crippen LogP contribution >= 0.6 is 46.9 Å². The van der Waals surface area contributed by atoms with E-state index in [0.29, 0.717) is 16.9 Å². The Bertz CT molecular complexity index is 646. The highest BCUT2D eigenvalue weighted by molar-refractivity contribution is 14.0. The Morgan fingerprint density at radius 3 is 2.64 bits per heavy atom. The largest absolute Gasteiger partial charge is 0.357 e. The lowest BCUT2D eigenvalue weighted by Gasteiger charge is -2.24. The van der Waals surface area contributed by atoms with Crippen LogP contribution in [0, 0.1) is 0 Å². The van der Waals surface area contributed by atoms with Gasteiger partial charge in [-0.2, -0.15) is 0 Å². The van der Waals surface area contributed by atoms with E-state index in [0.717, 1.165) is 36.7 Å². The average molecular weight is 521 g/mol. The standard InChI is InChI=1S/C15H25ClN4O2S2.HI/c1-2-17-15(20-12-6-4-3-5-7-12)18-10-11-19-24(21,22)14-9-8-13(16)23-14;/h8-9,12,19H,2-7,10-11H2,1H3,(H2,17,18,20);1H. The van der Waals surface area contributed by atoms with Crippen LogP contribution in [0.25, 0.3) is 0 Å². The molecule has 0 bridgehead atoms. The molecule has 25 heavy (non-hydrogen) atoms. The highest BCUT2D eigenvalue weighted by Gasteiger charge is 2.16. The molecule has 10 heteroatoms. The molecule has 3 N–H and O–H groups in total. The third-order valence-corrected chi connectivity index (χ3v) is 6.96. The van der Waals surface area contributed by atoms with Gasteiger partial charge in [0.2, 0.25) is 10.0 Å². The second kappa shape index (κ2) is 11.6. The molecule has 1 aliphatic rings. The molecule has 1 aromatic rings. The van der Waals surface area contributed by atoms with Crippen molar-refractivity contribution in [2.75, 3.05) is 19.6 Å². The van der Waals surface area contributed by atoms with Crippen LogP contribution in [0.2, 0.25) is 4.34 Å². The van der Waals surface area contributed by atoms with Crippen molar-refractivity contribution >= 4 is 62.9 Å².